The maximum atomic E-state index is 14.4. The molecule has 0 bridgehead atoms. The van der Waals surface area contributed by atoms with E-state index in [1.54, 1.807) is 41.4 Å². The van der Waals surface area contributed by atoms with E-state index in [9.17, 15) is 14.7 Å². The number of likely N-dealkylation sites (N-methyl/N-ethyl adjacent to an activating group) is 1. The molecule has 0 unspecified atom stereocenters. The van der Waals surface area contributed by atoms with E-state index in [0.29, 0.717) is 31.0 Å². The molecule has 0 saturated heterocycles. The van der Waals surface area contributed by atoms with Crippen LogP contribution < -0.4 is 0 Å². The third-order valence-electron chi connectivity index (χ3n) is 7.95. The fourth-order valence-electron chi connectivity index (χ4n) is 5.59. The smallest absolute Gasteiger partial charge is 0.271 e. The normalized spacial score (nSPS) is 18.5. The van der Waals surface area contributed by atoms with E-state index in [-0.39, 0.29) is 30.4 Å². The lowest BCUT2D eigenvalue weighted by atomic mass is 9.96. The molecule has 208 valence electrons. The number of ether oxygens (including phenoxy) is 1. The number of aliphatic hydroxyl groups is 1. The van der Waals surface area contributed by atoms with Crippen LogP contribution in [0.2, 0.25) is 0 Å². The van der Waals surface area contributed by atoms with Gasteiger partial charge in [-0.25, -0.2) is 0 Å². The number of rotatable bonds is 5. The largest absolute Gasteiger partial charge is 0.394 e. The van der Waals surface area contributed by atoms with Crippen molar-refractivity contribution in [3.05, 3.63) is 89.9 Å². The van der Waals surface area contributed by atoms with Crippen LogP contribution in [-0.4, -0.2) is 75.2 Å². The minimum absolute atomic E-state index is 0.122. The Balaban J connectivity index is 1.60. The van der Waals surface area contributed by atoms with Gasteiger partial charge < -0.3 is 24.2 Å². The predicted molar refractivity (Wildman–Crippen MR) is 155 cm³/mol. The van der Waals surface area contributed by atoms with Gasteiger partial charge in [0.2, 0.25) is 0 Å². The molecule has 0 fully saturated rings. The van der Waals surface area contributed by atoms with Gasteiger partial charge in [-0.05, 0) is 36.2 Å². The SMILES string of the molecule is C[C@H](CO)N1C[C@H](C)[C@H](CN(C)C(=O)c2ccncc2)OCc2ccccc2-c2c(n(C)c3ccccc23)C1=O. The van der Waals surface area contributed by atoms with E-state index in [4.69, 9.17) is 4.74 Å². The summed E-state index contributed by atoms with van der Waals surface area (Å²) in [4.78, 5) is 35.0. The number of pyridine rings is 1. The van der Waals surface area contributed by atoms with E-state index < -0.39 is 6.04 Å². The van der Waals surface area contributed by atoms with Crippen molar-refractivity contribution in [1.29, 1.82) is 0 Å². The maximum Gasteiger partial charge on any atom is 0.271 e. The van der Waals surface area contributed by atoms with Gasteiger partial charge in [-0.3, -0.25) is 14.6 Å². The Kier molecular flexibility index (Phi) is 8.00. The highest BCUT2D eigenvalue weighted by Crippen LogP contribution is 2.38. The lowest BCUT2D eigenvalue weighted by Gasteiger charge is -2.35. The molecule has 1 aliphatic heterocycles. The summed E-state index contributed by atoms with van der Waals surface area (Å²) in [7, 11) is 3.69. The lowest BCUT2D eigenvalue weighted by Crippen LogP contribution is -2.48. The summed E-state index contributed by atoms with van der Waals surface area (Å²) < 4.78 is 8.55. The van der Waals surface area contributed by atoms with Crippen molar-refractivity contribution in [1.82, 2.24) is 19.4 Å². The summed E-state index contributed by atoms with van der Waals surface area (Å²) in [5.41, 5.74) is 4.89. The Morgan fingerprint density at radius 2 is 1.82 bits per heavy atom. The molecule has 4 aromatic rings. The molecule has 5 rings (SSSR count). The summed E-state index contributed by atoms with van der Waals surface area (Å²) in [5, 5.41) is 11.2. The van der Waals surface area contributed by atoms with Crippen LogP contribution in [0.3, 0.4) is 0 Å². The molecule has 2 aromatic carbocycles. The van der Waals surface area contributed by atoms with E-state index in [1.807, 2.05) is 74.0 Å². The number of aryl methyl sites for hydroxylation is 1. The minimum atomic E-state index is -0.409. The second-order valence-corrected chi connectivity index (χ2v) is 10.7. The van der Waals surface area contributed by atoms with Gasteiger partial charge in [-0.2, -0.15) is 0 Å². The molecule has 3 heterocycles. The van der Waals surface area contributed by atoms with Gasteiger partial charge in [0, 0.05) is 67.5 Å². The van der Waals surface area contributed by atoms with Crippen molar-refractivity contribution in [3.63, 3.8) is 0 Å². The van der Waals surface area contributed by atoms with Crippen molar-refractivity contribution in [3.8, 4) is 11.1 Å². The molecule has 3 atom stereocenters. The molecule has 0 aliphatic carbocycles. The van der Waals surface area contributed by atoms with Gasteiger partial charge in [-0.1, -0.05) is 49.4 Å². The topological polar surface area (TPSA) is 87.9 Å². The van der Waals surface area contributed by atoms with E-state index in [0.717, 1.165) is 27.6 Å². The molecule has 0 saturated carbocycles. The molecule has 1 aliphatic rings. The van der Waals surface area contributed by atoms with E-state index in [1.165, 1.54) is 0 Å². The molecule has 0 spiro atoms. The summed E-state index contributed by atoms with van der Waals surface area (Å²) in [6.45, 7) is 4.76. The first-order valence-electron chi connectivity index (χ1n) is 13.7. The van der Waals surface area contributed by atoms with Gasteiger partial charge in [-0.15, -0.1) is 0 Å². The van der Waals surface area contributed by atoms with Crippen LogP contribution in [-0.2, 0) is 18.4 Å². The average Bonchev–Trinajstić information content (AvgIpc) is 3.28. The number of carbonyl (C=O) groups is 2. The number of hydrogen-bond donors (Lipinski definition) is 1. The lowest BCUT2D eigenvalue weighted by molar-refractivity contribution is -0.0210. The zero-order valence-electron chi connectivity index (χ0n) is 23.4. The molecule has 8 nitrogen and oxygen atoms in total. The maximum absolute atomic E-state index is 14.4. The Morgan fingerprint density at radius 1 is 1.12 bits per heavy atom. The van der Waals surface area contributed by atoms with Crippen LogP contribution >= 0.6 is 0 Å². The fraction of sp³-hybridized carbons (Fsp3) is 0.344. The number of carbonyl (C=O) groups excluding carboxylic acids is 2. The number of aromatic nitrogens is 2. The zero-order valence-corrected chi connectivity index (χ0v) is 23.4. The third-order valence-corrected chi connectivity index (χ3v) is 7.95. The van der Waals surface area contributed by atoms with Gasteiger partial charge in [0.15, 0.2) is 0 Å². The van der Waals surface area contributed by atoms with E-state index in [2.05, 4.69) is 4.98 Å². The first-order valence-corrected chi connectivity index (χ1v) is 13.7. The van der Waals surface area contributed by atoms with Crippen molar-refractivity contribution in [2.45, 2.75) is 32.6 Å². The predicted octanol–water partition coefficient (Wildman–Crippen LogP) is 4.37. The van der Waals surface area contributed by atoms with Gasteiger partial charge in [0.05, 0.1) is 25.4 Å². The van der Waals surface area contributed by atoms with Gasteiger partial charge >= 0.3 is 0 Å². The van der Waals surface area contributed by atoms with Crippen molar-refractivity contribution < 1.29 is 19.4 Å². The third kappa shape index (κ3) is 5.12. The number of hydrogen-bond acceptors (Lipinski definition) is 5. The zero-order chi connectivity index (χ0) is 28.4. The Morgan fingerprint density at radius 3 is 2.58 bits per heavy atom. The van der Waals surface area contributed by atoms with Crippen LogP contribution in [0.1, 0.15) is 40.3 Å². The quantitative estimate of drug-likeness (QED) is 0.406. The first kappa shape index (κ1) is 27.6. The van der Waals surface area contributed by atoms with E-state index >= 15 is 0 Å². The highest BCUT2D eigenvalue weighted by Gasteiger charge is 2.34. The van der Waals surface area contributed by atoms with Crippen LogP contribution in [0, 0.1) is 5.92 Å². The molecule has 40 heavy (non-hydrogen) atoms. The van der Waals surface area contributed by atoms with Crippen molar-refractivity contribution in [2.75, 3.05) is 26.7 Å². The minimum Gasteiger partial charge on any atom is -0.394 e. The van der Waals surface area contributed by atoms with Crippen LogP contribution in [0.15, 0.2) is 73.1 Å². The number of amides is 2. The monoisotopic (exact) mass is 540 g/mol. The molecule has 1 N–H and O–H groups in total. The first-order chi connectivity index (χ1) is 19.3. The second-order valence-electron chi connectivity index (χ2n) is 10.7. The summed E-state index contributed by atoms with van der Waals surface area (Å²) >= 11 is 0. The Labute approximate surface area is 234 Å². The molecule has 2 aromatic heterocycles. The fourth-order valence-corrected chi connectivity index (χ4v) is 5.59. The number of aliphatic hydroxyl groups excluding tert-OH is 1. The Bertz CT molecular complexity index is 1520. The summed E-state index contributed by atoms with van der Waals surface area (Å²) in [6.07, 6.45) is 2.85. The molecule has 0 radical (unpaired) electrons. The molecular formula is C32H36N4O4. The van der Waals surface area contributed by atoms with Crippen LogP contribution in [0.4, 0.5) is 0 Å². The number of para-hydroxylation sites is 1. The van der Waals surface area contributed by atoms with Gasteiger partial charge in [0.25, 0.3) is 11.8 Å². The van der Waals surface area contributed by atoms with Gasteiger partial charge in [0.1, 0.15) is 5.69 Å². The second kappa shape index (κ2) is 11.6. The molecule has 2 amide bonds. The standard InChI is InChI=1S/C32H36N4O4/c1-21-17-36(22(2)19-37)32(39)30-29(26-11-7-8-12-27(26)35(30)4)25-10-6-5-9-24(25)20-40-28(21)18-34(3)31(38)23-13-15-33-16-14-23/h5-16,21-22,28,37H,17-20H2,1-4H3/t21-,22+,28-/m0/s1. The summed E-state index contributed by atoms with van der Waals surface area (Å²) in [6, 6.07) is 19.0. The number of nitrogens with zero attached hydrogens (tertiary/aromatic N) is 4. The Hall–Kier alpha value is -4.01. The number of fused-ring (bicyclic) bond motifs is 5. The highest BCUT2D eigenvalue weighted by molar-refractivity contribution is 6.10. The van der Waals surface area contributed by atoms with Crippen molar-refractivity contribution in [2.24, 2.45) is 13.0 Å². The molecular weight excluding hydrogens is 504 g/mol. The van der Waals surface area contributed by atoms with Crippen LogP contribution in [0.5, 0.6) is 0 Å². The summed E-state index contributed by atoms with van der Waals surface area (Å²) in [5.74, 6) is -0.392. The van der Waals surface area contributed by atoms with Crippen LogP contribution in [0.25, 0.3) is 22.0 Å². The van der Waals surface area contributed by atoms with Crippen molar-refractivity contribution >= 4 is 22.7 Å². The average molecular weight is 541 g/mol. The number of benzene rings is 2. The molecule has 8 heteroatoms. The highest BCUT2D eigenvalue weighted by atomic mass is 16.5.